The number of carbonyl (C=O) groups is 1. The van der Waals surface area contributed by atoms with Crippen molar-refractivity contribution in [2.45, 2.75) is 12.8 Å². The third-order valence-electron chi connectivity index (χ3n) is 3.04. The average Bonchev–Trinajstić information content (AvgIpc) is 2.30. The van der Waals surface area contributed by atoms with Gasteiger partial charge in [-0.3, -0.25) is 4.79 Å². The van der Waals surface area contributed by atoms with E-state index >= 15 is 0 Å². The molecule has 1 aromatic carbocycles. The number of carboxylic acids is 1. The third kappa shape index (κ3) is 2.32. The number of nitrogens with zero attached hydrogens (tertiary/aromatic N) is 1. The van der Waals surface area contributed by atoms with Crippen LogP contribution in [-0.4, -0.2) is 24.2 Å². The number of piperidine rings is 1. The maximum absolute atomic E-state index is 12.7. The molecule has 2 rings (SSSR count). The highest BCUT2D eigenvalue weighted by atomic mass is 19.1. The Hall–Kier alpha value is -1.58. The van der Waals surface area contributed by atoms with Crippen LogP contribution in [-0.2, 0) is 4.79 Å². The molecule has 0 bridgehead atoms. The molecule has 0 aromatic heterocycles. The van der Waals surface area contributed by atoms with E-state index < -0.39 is 5.97 Å². The second-order valence-corrected chi connectivity index (χ2v) is 4.08. The summed E-state index contributed by atoms with van der Waals surface area (Å²) in [6.45, 7) is 1.45. The van der Waals surface area contributed by atoms with E-state index in [-0.39, 0.29) is 11.7 Å². The lowest BCUT2D eigenvalue weighted by molar-refractivity contribution is -0.142. The fourth-order valence-corrected chi connectivity index (χ4v) is 2.04. The minimum absolute atomic E-state index is 0.225. The quantitative estimate of drug-likeness (QED) is 0.835. The Morgan fingerprint density at radius 3 is 2.31 bits per heavy atom. The van der Waals surface area contributed by atoms with Gasteiger partial charge >= 0.3 is 5.97 Å². The van der Waals surface area contributed by atoms with Crippen LogP contribution in [0.25, 0.3) is 0 Å². The molecule has 0 spiro atoms. The van der Waals surface area contributed by atoms with Crippen molar-refractivity contribution in [3.8, 4) is 0 Å². The molecule has 16 heavy (non-hydrogen) atoms. The van der Waals surface area contributed by atoms with Gasteiger partial charge < -0.3 is 10.0 Å². The van der Waals surface area contributed by atoms with E-state index in [1.165, 1.54) is 12.1 Å². The maximum Gasteiger partial charge on any atom is 0.306 e. The topological polar surface area (TPSA) is 40.5 Å². The SMILES string of the molecule is O=C(O)C1CCN(c2ccc(F)cc2)CC1. The molecule has 1 fully saturated rings. The molecule has 0 unspecified atom stereocenters. The molecule has 0 aliphatic carbocycles. The minimum Gasteiger partial charge on any atom is -0.481 e. The molecule has 1 heterocycles. The Kier molecular flexibility index (Phi) is 3.08. The number of hydrogen-bond acceptors (Lipinski definition) is 2. The highest BCUT2D eigenvalue weighted by molar-refractivity contribution is 5.70. The van der Waals surface area contributed by atoms with Crippen molar-refractivity contribution in [1.82, 2.24) is 0 Å². The third-order valence-corrected chi connectivity index (χ3v) is 3.04. The van der Waals surface area contributed by atoms with Crippen molar-refractivity contribution >= 4 is 11.7 Å². The molecule has 1 aliphatic rings. The van der Waals surface area contributed by atoms with E-state index in [1.807, 2.05) is 0 Å². The maximum atomic E-state index is 12.7. The van der Waals surface area contributed by atoms with Gasteiger partial charge in [0.2, 0.25) is 0 Å². The minimum atomic E-state index is -0.709. The summed E-state index contributed by atoms with van der Waals surface area (Å²) < 4.78 is 12.7. The Morgan fingerprint density at radius 2 is 1.81 bits per heavy atom. The van der Waals surface area contributed by atoms with Gasteiger partial charge in [0.15, 0.2) is 0 Å². The van der Waals surface area contributed by atoms with Crippen LogP contribution in [0.4, 0.5) is 10.1 Å². The van der Waals surface area contributed by atoms with Crippen LogP contribution < -0.4 is 4.90 Å². The molecule has 1 saturated heterocycles. The van der Waals surface area contributed by atoms with Crippen molar-refractivity contribution in [2.24, 2.45) is 5.92 Å². The van der Waals surface area contributed by atoms with Crippen molar-refractivity contribution in [3.63, 3.8) is 0 Å². The van der Waals surface area contributed by atoms with Crippen molar-refractivity contribution < 1.29 is 14.3 Å². The summed E-state index contributed by atoms with van der Waals surface area (Å²) in [6.07, 6.45) is 1.32. The van der Waals surface area contributed by atoms with E-state index in [4.69, 9.17) is 5.11 Å². The number of rotatable bonds is 2. The number of benzene rings is 1. The summed E-state index contributed by atoms with van der Waals surface area (Å²) >= 11 is 0. The van der Waals surface area contributed by atoms with E-state index in [9.17, 15) is 9.18 Å². The summed E-state index contributed by atoms with van der Waals surface area (Å²) in [5.74, 6) is -1.18. The van der Waals surface area contributed by atoms with Gasteiger partial charge in [0.25, 0.3) is 0 Å². The first-order valence-electron chi connectivity index (χ1n) is 5.40. The van der Waals surface area contributed by atoms with Crippen molar-refractivity contribution in [3.05, 3.63) is 30.1 Å². The van der Waals surface area contributed by atoms with Gasteiger partial charge in [-0.15, -0.1) is 0 Å². The Bertz CT molecular complexity index is 369. The standard InChI is InChI=1S/C12H14FNO2/c13-10-1-3-11(4-2-10)14-7-5-9(6-8-14)12(15)16/h1-4,9H,5-8H2,(H,15,16). The van der Waals surface area contributed by atoms with Crippen LogP contribution in [0.3, 0.4) is 0 Å². The van der Waals surface area contributed by atoms with Gasteiger partial charge in [-0.2, -0.15) is 0 Å². The van der Waals surface area contributed by atoms with E-state index in [1.54, 1.807) is 12.1 Å². The number of aliphatic carboxylic acids is 1. The first-order valence-corrected chi connectivity index (χ1v) is 5.40. The average molecular weight is 223 g/mol. The Morgan fingerprint density at radius 1 is 1.25 bits per heavy atom. The van der Waals surface area contributed by atoms with Crippen molar-refractivity contribution in [1.29, 1.82) is 0 Å². The largest absolute Gasteiger partial charge is 0.481 e. The predicted molar refractivity (Wildman–Crippen MR) is 59.0 cm³/mol. The highest BCUT2D eigenvalue weighted by Crippen LogP contribution is 2.23. The number of halogens is 1. The van der Waals surface area contributed by atoms with Gasteiger partial charge in [0.05, 0.1) is 5.92 Å². The number of hydrogen-bond donors (Lipinski definition) is 1. The lowest BCUT2D eigenvalue weighted by Crippen LogP contribution is -2.36. The lowest BCUT2D eigenvalue weighted by atomic mass is 9.97. The van der Waals surface area contributed by atoms with Gasteiger partial charge in [0.1, 0.15) is 5.82 Å². The van der Waals surface area contributed by atoms with Crippen LogP contribution >= 0.6 is 0 Å². The fourth-order valence-electron chi connectivity index (χ4n) is 2.04. The first kappa shape index (κ1) is 10.9. The summed E-state index contributed by atoms with van der Waals surface area (Å²) in [4.78, 5) is 12.9. The lowest BCUT2D eigenvalue weighted by Gasteiger charge is -2.31. The van der Waals surface area contributed by atoms with Crippen LogP contribution in [0, 0.1) is 11.7 Å². The van der Waals surface area contributed by atoms with E-state index in [0.717, 1.165) is 18.8 Å². The van der Waals surface area contributed by atoms with Gasteiger partial charge in [0, 0.05) is 18.8 Å². The van der Waals surface area contributed by atoms with Gasteiger partial charge in [-0.1, -0.05) is 0 Å². The molecular formula is C12H14FNO2. The molecule has 0 atom stereocenters. The summed E-state index contributed by atoms with van der Waals surface area (Å²) in [5.41, 5.74) is 0.963. The normalized spacial score (nSPS) is 17.4. The van der Waals surface area contributed by atoms with Crippen LogP contribution in [0.15, 0.2) is 24.3 Å². The van der Waals surface area contributed by atoms with E-state index in [0.29, 0.717) is 12.8 Å². The smallest absolute Gasteiger partial charge is 0.306 e. The molecule has 0 amide bonds. The summed E-state index contributed by atoms with van der Waals surface area (Å²) in [7, 11) is 0. The fraction of sp³-hybridized carbons (Fsp3) is 0.417. The van der Waals surface area contributed by atoms with Crippen LogP contribution in [0.5, 0.6) is 0 Å². The molecule has 1 N–H and O–H groups in total. The first-order chi connectivity index (χ1) is 7.66. The molecule has 1 aromatic rings. The van der Waals surface area contributed by atoms with Gasteiger partial charge in [-0.05, 0) is 37.1 Å². The zero-order chi connectivity index (χ0) is 11.5. The Labute approximate surface area is 93.5 Å². The summed E-state index contributed by atoms with van der Waals surface area (Å²) in [6, 6.07) is 6.32. The number of carboxylic acid groups (broad SMARTS) is 1. The Balaban J connectivity index is 1.99. The molecule has 0 radical (unpaired) electrons. The molecule has 0 saturated carbocycles. The highest BCUT2D eigenvalue weighted by Gasteiger charge is 2.24. The molecule has 86 valence electrons. The van der Waals surface area contributed by atoms with Gasteiger partial charge in [-0.25, -0.2) is 4.39 Å². The van der Waals surface area contributed by atoms with Crippen LogP contribution in [0.2, 0.25) is 0 Å². The molecular weight excluding hydrogens is 209 g/mol. The molecule has 1 aliphatic heterocycles. The zero-order valence-electron chi connectivity index (χ0n) is 8.90. The molecule has 4 heteroatoms. The van der Waals surface area contributed by atoms with Crippen molar-refractivity contribution in [2.75, 3.05) is 18.0 Å². The zero-order valence-corrected chi connectivity index (χ0v) is 8.90. The van der Waals surface area contributed by atoms with Crippen LogP contribution in [0.1, 0.15) is 12.8 Å². The predicted octanol–water partition coefficient (Wildman–Crippen LogP) is 2.13. The second kappa shape index (κ2) is 4.51. The number of anilines is 1. The monoisotopic (exact) mass is 223 g/mol. The van der Waals surface area contributed by atoms with E-state index in [2.05, 4.69) is 4.90 Å². The second-order valence-electron chi connectivity index (χ2n) is 4.08. The summed E-state index contributed by atoms with van der Waals surface area (Å²) in [5, 5.41) is 8.86. The molecule has 3 nitrogen and oxygen atoms in total.